The maximum absolute atomic E-state index is 13.1. The van der Waals surface area contributed by atoms with Crippen LogP contribution in [-0.2, 0) is 25.7 Å². The van der Waals surface area contributed by atoms with Gasteiger partial charge in [-0.05, 0) is 28.5 Å². The molecule has 3 heterocycles. The zero-order chi connectivity index (χ0) is 24.9. The molecule has 2 aromatic rings. The number of carboxylic acids is 1. The van der Waals surface area contributed by atoms with Gasteiger partial charge >= 0.3 is 5.97 Å². The summed E-state index contributed by atoms with van der Waals surface area (Å²) in [6.45, 7) is 2.50. The van der Waals surface area contributed by atoms with Crippen LogP contribution in [0.1, 0.15) is 17.7 Å². The minimum atomic E-state index is -1.17. The molecule has 1 aromatic heterocycles. The first kappa shape index (κ1) is 25.5. The molecule has 1 fully saturated rings. The molecular weight excluding hydrogens is 512 g/mol. The summed E-state index contributed by atoms with van der Waals surface area (Å²) in [7, 11) is 1.55. The highest BCUT2D eigenvalue weighted by molar-refractivity contribution is 8.01. The highest BCUT2D eigenvalue weighted by Crippen LogP contribution is 2.42. The van der Waals surface area contributed by atoms with Crippen LogP contribution in [0.15, 0.2) is 46.8 Å². The van der Waals surface area contributed by atoms with Crippen molar-refractivity contribution in [3.8, 4) is 0 Å². The predicted octanol–water partition coefficient (Wildman–Crippen LogP) is 1.60. The smallest absolute Gasteiger partial charge is 0.352 e. The van der Waals surface area contributed by atoms with Crippen molar-refractivity contribution in [2.45, 2.75) is 35.3 Å². The van der Waals surface area contributed by atoms with Crippen molar-refractivity contribution in [3.05, 3.63) is 47.2 Å². The maximum Gasteiger partial charge on any atom is 0.352 e. The third kappa shape index (κ3) is 5.34. The topological polar surface area (TPSA) is 140 Å². The normalized spacial score (nSPS) is 20.3. The summed E-state index contributed by atoms with van der Waals surface area (Å²) in [4.78, 5) is 39.5. The van der Waals surface area contributed by atoms with Crippen LogP contribution >= 0.6 is 35.3 Å². The Morgan fingerprint density at radius 3 is 2.80 bits per heavy atom. The van der Waals surface area contributed by atoms with E-state index in [-0.39, 0.29) is 11.6 Å². The summed E-state index contributed by atoms with van der Waals surface area (Å²) in [5.41, 5.74) is 1.39. The number of tetrazole rings is 1. The lowest BCUT2D eigenvalue weighted by Crippen LogP contribution is -2.70. The Morgan fingerprint density at radius 2 is 2.11 bits per heavy atom. The van der Waals surface area contributed by atoms with Crippen LogP contribution in [-0.4, -0.2) is 84.0 Å². The lowest BCUT2D eigenvalue weighted by molar-refractivity contribution is -0.150. The molecule has 3 unspecified atom stereocenters. The van der Waals surface area contributed by atoms with Crippen LogP contribution in [0.5, 0.6) is 0 Å². The van der Waals surface area contributed by atoms with E-state index < -0.39 is 28.5 Å². The molecule has 14 heteroatoms. The van der Waals surface area contributed by atoms with Gasteiger partial charge in [-0.1, -0.05) is 42.1 Å². The van der Waals surface area contributed by atoms with Crippen LogP contribution in [0.25, 0.3) is 0 Å². The molecular formula is C21H24N6O5S3. The predicted molar refractivity (Wildman–Crippen MR) is 133 cm³/mol. The number of aliphatic carboxylic acids is 1. The lowest BCUT2D eigenvalue weighted by Gasteiger charge is -2.49. The van der Waals surface area contributed by atoms with Crippen molar-refractivity contribution in [1.29, 1.82) is 0 Å². The highest BCUT2D eigenvalue weighted by Gasteiger charge is 2.54. The number of carboxylic acid groups (broad SMARTS) is 1. The van der Waals surface area contributed by atoms with Crippen molar-refractivity contribution in [1.82, 2.24) is 30.4 Å². The molecule has 2 amide bonds. The highest BCUT2D eigenvalue weighted by atomic mass is 32.2. The number of benzene rings is 1. The minimum absolute atomic E-state index is 0.0272. The van der Waals surface area contributed by atoms with Crippen LogP contribution in [0.2, 0.25) is 0 Å². The van der Waals surface area contributed by atoms with Gasteiger partial charge in [0.05, 0.1) is 5.94 Å². The van der Waals surface area contributed by atoms with Crippen LogP contribution in [0, 0.1) is 0 Å². The molecule has 11 nitrogen and oxygen atoms in total. The summed E-state index contributed by atoms with van der Waals surface area (Å²) in [6, 6.07) is 8.46. The number of hydrogen-bond donors (Lipinski definition) is 2. The molecule has 3 atom stereocenters. The van der Waals surface area contributed by atoms with E-state index in [4.69, 9.17) is 4.74 Å². The van der Waals surface area contributed by atoms with Gasteiger partial charge in [-0.25, -0.2) is 9.48 Å². The second-order valence-electron chi connectivity index (χ2n) is 7.58. The van der Waals surface area contributed by atoms with Crippen molar-refractivity contribution in [3.63, 3.8) is 0 Å². The van der Waals surface area contributed by atoms with Gasteiger partial charge in [-0.2, -0.15) is 0 Å². The number of rotatable bonds is 11. The van der Waals surface area contributed by atoms with E-state index in [1.165, 1.54) is 40.2 Å². The molecule has 2 aliphatic heterocycles. The Labute approximate surface area is 214 Å². The average molecular weight is 537 g/mol. The van der Waals surface area contributed by atoms with Crippen LogP contribution < -0.4 is 5.32 Å². The zero-order valence-corrected chi connectivity index (χ0v) is 21.4. The van der Waals surface area contributed by atoms with E-state index in [0.717, 1.165) is 5.56 Å². The summed E-state index contributed by atoms with van der Waals surface area (Å²) in [5.74, 6) is -0.847. The van der Waals surface area contributed by atoms with E-state index >= 15 is 0 Å². The number of aromatic nitrogens is 4. The fraction of sp³-hybridized carbons (Fsp3) is 0.429. The number of thioether (sulfide) groups is 3. The molecule has 0 radical (unpaired) electrons. The quantitative estimate of drug-likeness (QED) is 0.246. The standard InChI is InChI=1S/C21H24N6O5S3/c1-3-26-21(23-24-25-26)34-10-13-9-33-19-14(18(29)27(19)15(13)20(30)31)22-17(28)16(35-11-32-2)12-7-5-4-6-8-12/h4-8,14,16,19H,3,9-11H2,1-2H3,(H,22,28)(H,30,31). The molecule has 0 spiro atoms. The molecule has 2 N–H and O–H groups in total. The SMILES string of the molecule is CCn1nnnc1SCC1=C(C(=O)O)N2C(=O)C(NC(=O)C(SCOC)c3ccccc3)C2SC1. The third-order valence-corrected chi connectivity index (χ3v) is 8.99. The van der Waals surface area contributed by atoms with Crippen molar-refractivity contribution < 1.29 is 24.2 Å². The fourth-order valence-corrected chi connectivity index (χ4v) is 7.03. The van der Waals surface area contributed by atoms with E-state index in [1.54, 1.807) is 11.8 Å². The molecule has 2 aliphatic rings. The Kier molecular flexibility index (Phi) is 8.36. The van der Waals surface area contributed by atoms with E-state index in [1.807, 2.05) is 37.3 Å². The van der Waals surface area contributed by atoms with Gasteiger partial charge in [0.15, 0.2) is 0 Å². The zero-order valence-electron chi connectivity index (χ0n) is 19.0. The molecule has 35 heavy (non-hydrogen) atoms. The number of amides is 2. The number of ether oxygens (including phenoxy) is 1. The molecule has 1 aromatic carbocycles. The number of methoxy groups -OCH3 is 1. The Balaban J connectivity index is 1.47. The summed E-state index contributed by atoms with van der Waals surface area (Å²) >= 11 is 4.07. The van der Waals surface area contributed by atoms with Crippen molar-refractivity contribution in [2.75, 3.05) is 24.6 Å². The minimum Gasteiger partial charge on any atom is -0.477 e. The average Bonchev–Trinajstić information content (AvgIpc) is 3.33. The fourth-order valence-electron chi connectivity index (χ4n) is 3.76. The summed E-state index contributed by atoms with van der Waals surface area (Å²) in [5, 5.41) is 23.8. The Bertz CT molecular complexity index is 1130. The molecule has 0 aliphatic carbocycles. The first-order chi connectivity index (χ1) is 17.0. The number of carbonyl (C=O) groups is 3. The van der Waals surface area contributed by atoms with Crippen LogP contribution in [0.3, 0.4) is 0 Å². The van der Waals surface area contributed by atoms with Gasteiger partial charge < -0.3 is 15.2 Å². The van der Waals surface area contributed by atoms with Gasteiger partial charge in [-0.3, -0.25) is 14.5 Å². The Morgan fingerprint density at radius 1 is 1.34 bits per heavy atom. The number of hydrogen-bond acceptors (Lipinski definition) is 10. The van der Waals surface area contributed by atoms with Gasteiger partial charge in [0.1, 0.15) is 22.4 Å². The molecule has 0 saturated carbocycles. The summed E-state index contributed by atoms with van der Waals surface area (Å²) < 4.78 is 6.75. The maximum atomic E-state index is 13.1. The second kappa shape index (κ2) is 11.5. The van der Waals surface area contributed by atoms with E-state index in [2.05, 4.69) is 20.8 Å². The number of fused-ring (bicyclic) bond motifs is 1. The van der Waals surface area contributed by atoms with Gasteiger partial charge in [0.2, 0.25) is 11.1 Å². The summed E-state index contributed by atoms with van der Waals surface area (Å²) in [6.07, 6.45) is 0. The molecule has 4 rings (SSSR count). The van der Waals surface area contributed by atoms with Crippen LogP contribution in [0.4, 0.5) is 0 Å². The molecule has 186 valence electrons. The number of carbonyl (C=O) groups excluding carboxylic acids is 2. The second-order valence-corrected chi connectivity index (χ2v) is 10.7. The van der Waals surface area contributed by atoms with Crippen molar-refractivity contribution in [2.24, 2.45) is 0 Å². The molecule has 1 saturated heterocycles. The van der Waals surface area contributed by atoms with Crippen molar-refractivity contribution >= 4 is 53.1 Å². The monoisotopic (exact) mass is 536 g/mol. The van der Waals surface area contributed by atoms with Gasteiger partial charge in [-0.15, -0.1) is 28.6 Å². The largest absolute Gasteiger partial charge is 0.477 e. The van der Waals surface area contributed by atoms with E-state index in [9.17, 15) is 19.5 Å². The first-order valence-corrected chi connectivity index (χ1v) is 13.8. The Hall–Kier alpha value is -2.55. The number of nitrogens with one attached hydrogen (secondary N) is 1. The van der Waals surface area contributed by atoms with Gasteiger partial charge in [0, 0.05) is 25.2 Å². The number of nitrogens with zero attached hydrogens (tertiary/aromatic N) is 5. The third-order valence-electron chi connectivity index (χ3n) is 5.41. The lowest BCUT2D eigenvalue weighted by atomic mass is 10.0. The molecule has 0 bridgehead atoms. The van der Waals surface area contributed by atoms with E-state index in [0.29, 0.717) is 34.7 Å². The first-order valence-electron chi connectivity index (χ1n) is 10.7. The van der Waals surface area contributed by atoms with Gasteiger partial charge in [0.25, 0.3) is 5.91 Å². The number of β-lactam (4-membered cyclic amide) rings is 1. The number of aryl methyl sites for hydroxylation is 1.